The van der Waals surface area contributed by atoms with Crippen molar-refractivity contribution in [2.45, 2.75) is 11.0 Å². The molecule has 0 fully saturated rings. The zero-order valence-corrected chi connectivity index (χ0v) is 16.8. The second-order valence-electron chi connectivity index (χ2n) is 6.08. The summed E-state index contributed by atoms with van der Waals surface area (Å²) < 4.78 is 48.0. The number of hydrogen-bond donors (Lipinski definition) is 1. The third-order valence-corrected chi connectivity index (χ3v) is 5.57. The first-order valence-corrected chi connectivity index (χ1v) is 10.3. The fraction of sp³-hybridized carbons (Fsp3) is 0.250. The first-order chi connectivity index (χ1) is 13.9. The van der Waals surface area contributed by atoms with Gasteiger partial charge in [-0.25, -0.2) is 17.9 Å². The lowest BCUT2D eigenvalue weighted by atomic mass is 10.2. The van der Waals surface area contributed by atoms with Crippen LogP contribution in [0.3, 0.4) is 0 Å². The van der Waals surface area contributed by atoms with E-state index in [1.165, 1.54) is 38.4 Å². The summed E-state index contributed by atoms with van der Waals surface area (Å²) >= 11 is 0. The van der Waals surface area contributed by atoms with Gasteiger partial charge in [0.1, 0.15) is 23.9 Å². The minimum atomic E-state index is -3.71. The Kier molecular flexibility index (Phi) is 6.40. The van der Waals surface area contributed by atoms with Gasteiger partial charge in [-0.2, -0.15) is 0 Å². The lowest BCUT2D eigenvalue weighted by Gasteiger charge is -2.25. The third-order valence-electron chi connectivity index (χ3n) is 4.14. The summed E-state index contributed by atoms with van der Waals surface area (Å²) in [7, 11) is -1.02. The number of nitrogens with one attached hydrogen (secondary N) is 1. The maximum Gasteiger partial charge on any atom is 0.330 e. The molecule has 1 heterocycles. The fourth-order valence-corrected chi connectivity index (χ4v) is 3.58. The number of para-hydroxylation sites is 2. The molecule has 1 atom stereocenters. The molecule has 3 rings (SSSR count). The van der Waals surface area contributed by atoms with Crippen molar-refractivity contribution in [3.8, 4) is 17.2 Å². The summed E-state index contributed by atoms with van der Waals surface area (Å²) in [5.74, 6) is 0.878. The van der Waals surface area contributed by atoms with Crippen LogP contribution in [0.25, 0.3) is 6.08 Å². The van der Waals surface area contributed by atoms with Gasteiger partial charge in [-0.15, -0.1) is 0 Å². The van der Waals surface area contributed by atoms with Crippen LogP contribution in [0, 0.1) is 0 Å². The van der Waals surface area contributed by atoms with E-state index in [1.54, 1.807) is 18.2 Å². The van der Waals surface area contributed by atoms with Crippen molar-refractivity contribution in [1.82, 2.24) is 4.72 Å². The largest absolute Gasteiger partial charge is 0.495 e. The number of carbonyl (C=O) groups is 1. The Morgan fingerprint density at radius 2 is 2.00 bits per heavy atom. The number of ether oxygens (including phenoxy) is 4. The van der Waals surface area contributed by atoms with E-state index < -0.39 is 22.1 Å². The van der Waals surface area contributed by atoms with Crippen LogP contribution in [0.4, 0.5) is 0 Å². The molecule has 1 aliphatic heterocycles. The lowest BCUT2D eigenvalue weighted by molar-refractivity contribution is -0.140. The monoisotopic (exact) mass is 419 g/mol. The minimum Gasteiger partial charge on any atom is -0.495 e. The Bertz CT molecular complexity index is 1020. The number of carbonyl (C=O) groups excluding carboxylic acids is 1. The number of hydrogen-bond acceptors (Lipinski definition) is 7. The van der Waals surface area contributed by atoms with E-state index in [1.807, 2.05) is 12.1 Å². The zero-order chi connectivity index (χ0) is 20.9. The fourth-order valence-electron chi connectivity index (χ4n) is 2.65. The molecule has 0 radical (unpaired) electrons. The highest BCUT2D eigenvalue weighted by Crippen LogP contribution is 2.31. The van der Waals surface area contributed by atoms with Crippen molar-refractivity contribution in [2.75, 3.05) is 27.4 Å². The minimum absolute atomic E-state index is 0.0237. The Morgan fingerprint density at radius 1 is 1.24 bits per heavy atom. The molecule has 2 aromatic carbocycles. The molecule has 1 N–H and O–H groups in total. The number of rotatable bonds is 7. The molecule has 0 aromatic heterocycles. The molecule has 0 spiro atoms. The maximum absolute atomic E-state index is 12.1. The molecule has 0 saturated carbocycles. The number of esters is 1. The topological polar surface area (TPSA) is 100 Å². The quantitative estimate of drug-likeness (QED) is 0.541. The van der Waals surface area contributed by atoms with E-state index in [2.05, 4.69) is 4.72 Å². The first kappa shape index (κ1) is 20.7. The van der Waals surface area contributed by atoms with Gasteiger partial charge < -0.3 is 18.9 Å². The van der Waals surface area contributed by atoms with Gasteiger partial charge in [-0.1, -0.05) is 18.2 Å². The van der Waals surface area contributed by atoms with Crippen LogP contribution < -0.4 is 18.9 Å². The van der Waals surface area contributed by atoms with Crippen molar-refractivity contribution in [2.24, 2.45) is 0 Å². The molecule has 0 aliphatic carbocycles. The number of benzene rings is 2. The van der Waals surface area contributed by atoms with Crippen LogP contribution in [-0.4, -0.2) is 47.9 Å². The van der Waals surface area contributed by atoms with Crippen LogP contribution in [0.15, 0.2) is 53.4 Å². The van der Waals surface area contributed by atoms with E-state index in [-0.39, 0.29) is 23.9 Å². The molecular formula is C20H21NO7S. The highest BCUT2D eigenvalue weighted by atomic mass is 32.2. The summed E-state index contributed by atoms with van der Waals surface area (Å²) in [6, 6.07) is 11.8. The normalized spacial score (nSPS) is 15.9. The van der Waals surface area contributed by atoms with Gasteiger partial charge in [0.05, 0.1) is 7.11 Å². The van der Waals surface area contributed by atoms with Gasteiger partial charge in [0.2, 0.25) is 10.0 Å². The lowest BCUT2D eigenvalue weighted by Crippen LogP contribution is -2.34. The molecule has 154 valence electrons. The van der Waals surface area contributed by atoms with Crippen LogP contribution >= 0.6 is 0 Å². The Morgan fingerprint density at radius 3 is 2.72 bits per heavy atom. The Labute approximate surface area is 169 Å². The molecule has 0 amide bonds. The standard InChI is InChI=1S/C20H21NO7S/c1-21-29(23,24)19-11-14(7-9-18(19)25-2)8-10-20(22)27-13-15-12-26-16-5-3-4-6-17(16)28-15/h3-11,15,21H,12-13H2,1-2H3/b10-8+/t15-/m1/s1. The van der Waals surface area contributed by atoms with Gasteiger partial charge in [0.25, 0.3) is 0 Å². The number of sulfonamides is 1. The van der Waals surface area contributed by atoms with Gasteiger partial charge in [-0.3, -0.25) is 0 Å². The molecule has 0 bridgehead atoms. The molecular weight excluding hydrogens is 398 g/mol. The van der Waals surface area contributed by atoms with Crippen LogP contribution in [-0.2, 0) is 19.6 Å². The van der Waals surface area contributed by atoms with E-state index in [0.717, 1.165) is 0 Å². The average Bonchev–Trinajstić information content (AvgIpc) is 2.75. The molecule has 8 nitrogen and oxygen atoms in total. The number of fused-ring (bicyclic) bond motifs is 1. The van der Waals surface area contributed by atoms with E-state index >= 15 is 0 Å². The molecule has 29 heavy (non-hydrogen) atoms. The van der Waals surface area contributed by atoms with Gasteiger partial charge >= 0.3 is 5.97 Å². The molecule has 9 heteroatoms. The Balaban J connectivity index is 1.60. The molecule has 0 saturated heterocycles. The molecule has 2 aromatic rings. The van der Waals surface area contributed by atoms with Gasteiger partial charge in [0, 0.05) is 6.08 Å². The Hall–Kier alpha value is -3.04. The van der Waals surface area contributed by atoms with E-state index in [9.17, 15) is 13.2 Å². The van der Waals surface area contributed by atoms with Crippen molar-refractivity contribution in [3.05, 3.63) is 54.1 Å². The predicted molar refractivity (Wildman–Crippen MR) is 106 cm³/mol. The number of methoxy groups -OCH3 is 1. The molecule has 0 unspecified atom stereocenters. The van der Waals surface area contributed by atoms with Crippen LogP contribution in [0.5, 0.6) is 17.2 Å². The smallest absolute Gasteiger partial charge is 0.330 e. The van der Waals surface area contributed by atoms with Crippen molar-refractivity contribution in [3.63, 3.8) is 0 Å². The highest BCUT2D eigenvalue weighted by Gasteiger charge is 2.22. The van der Waals surface area contributed by atoms with Crippen LogP contribution in [0.2, 0.25) is 0 Å². The summed E-state index contributed by atoms with van der Waals surface area (Å²) in [6.07, 6.45) is 2.27. The zero-order valence-electron chi connectivity index (χ0n) is 16.0. The summed E-state index contributed by atoms with van der Waals surface area (Å²) in [5, 5.41) is 0. The van der Waals surface area contributed by atoms with Gasteiger partial charge in [-0.05, 0) is 43.0 Å². The van der Waals surface area contributed by atoms with Crippen LogP contribution in [0.1, 0.15) is 5.56 Å². The SMILES string of the molecule is CNS(=O)(=O)c1cc(/C=C/C(=O)OC[C@H]2COc3ccccc3O2)ccc1OC. The summed E-state index contributed by atoms with van der Waals surface area (Å²) in [5.41, 5.74) is 0.503. The summed E-state index contributed by atoms with van der Waals surface area (Å²) in [6.45, 7) is 0.303. The molecule has 1 aliphatic rings. The third kappa shape index (κ3) is 5.07. The maximum atomic E-state index is 12.1. The van der Waals surface area contributed by atoms with Crippen molar-refractivity contribution < 1.29 is 32.2 Å². The van der Waals surface area contributed by atoms with Crippen molar-refractivity contribution >= 4 is 22.1 Å². The first-order valence-electron chi connectivity index (χ1n) is 8.78. The highest BCUT2D eigenvalue weighted by molar-refractivity contribution is 7.89. The predicted octanol–water partition coefficient (Wildman–Crippen LogP) is 2.00. The second-order valence-corrected chi connectivity index (χ2v) is 7.93. The average molecular weight is 419 g/mol. The summed E-state index contributed by atoms with van der Waals surface area (Å²) in [4.78, 5) is 12.0. The van der Waals surface area contributed by atoms with E-state index in [4.69, 9.17) is 18.9 Å². The van der Waals surface area contributed by atoms with E-state index in [0.29, 0.717) is 17.1 Å². The second kappa shape index (κ2) is 8.97. The van der Waals surface area contributed by atoms with Gasteiger partial charge in [0.15, 0.2) is 17.6 Å². The van der Waals surface area contributed by atoms with Crippen molar-refractivity contribution in [1.29, 1.82) is 0 Å².